The minimum absolute atomic E-state index is 0.119. The molecular weight excluding hydrogens is 270 g/mol. The predicted molar refractivity (Wildman–Crippen MR) is 79.7 cm³/mol. The highest BCUT2D eigenvalue weighted by molar-refractivity contribution is 5.82. The second-order valence-corrected chi connectivity index (χ2v) is 5.02. The SMILES string of the molecule is CCC(C)[C@H](NC(=O)N(CC)Cc1ccncc1)C(=O)O. The van der Waals surface area contributed by atoms with Crippen molar-refractivity contribution in [3.63, 3.8) is 0 Å². The number of aliphatic carboxylic acids is 1. The summed E-state index contributed by atoms with van der Waals surface area (Å²) in [7, 11) is 0. The average Bonchev–Trinajstić information content (AvgIpc) is 2.49. The highest BCUT2D eigenvalue weighted by atomic mass is 16.4. The van der Waals surface area contributed by atoms with Gasteiger partial charge in [-0.15, -0.1) is 0 Å². The van der Waals surface area contributed by atoms with Crippen LogP contribution in [0.2, 0.25) is 0 Å². The molecule has 6 nitrogen and oxygen atoms in total. The molecule has 116 valence electrons. The molecule has 2 N–H and O–H groups in total. The predicted octanol–water partition coefficient (Wildman–Crippen LogP) is 2.11. The number of rotatable bonds is 7. The number of carbonyl (C=O) groups is 2. The molecule has 0 saturated heterocycles. The van der Waals surface area contributed by atoms with Crippen LogP contribution in [0.4, 0.5) is 4.79 Å². The molecule has 0 radical (unpaired) electrons. The first-order valence-corrected chi connectivity index (χ1v) is 7.16. The first-order valence-electron chi connectivity index (χ1n) is 7.16. The van der Waals surface area contributed by atoms with Crippen molar-refractivity contribution in [1.29, 1.82) is 0 Å². The van der Waals surface area contributed by atoms with Gasteiger partial charge < -0.3 is 15.3 Å². The van der Waals surface area contributed by atoms with Crippen LogP contribution >= 0.6 is 0 Å². The summed E-state index contributed by atoms with van der Waals surface area (Å²) in [5, 5.41) is 11.8. The van der Waals surface area contributed by atoms with Gasteiger partial charge >= 0.3 is 12.0 Å². The summed E-state index contributed by atoms with van der Waals surface area (Å²) in [5.74, 6) is -1.12. The zero-order valence-corrected chi connectivity index (χ0v) is 12.7. The number of nitrogens with zero attached hydrogens (tertiary/aromatic N) is 2. The lowest BCUT2D eigenvalue weighted by Gasteiger charge is -2.26. The van der Waals surface area contributed by atoms with Gasteiger partial charge in [-0.1, -0.05) is 20.3 Å². The minimum Gasteiger partial charge on any atom is -0.480 e. The van der Waals surface area contributed by atoms with Gasteiger partial charge in [-0.25, -0.2) is 9.59 Å². The van der Waals surface area contributed by atoms with Crippen LogP contribution in [0.25, 0.3) is 0 Å². The van der Waals surface area contributed by atoms with E-state index in [-0.39, 0.29) is 11.9 Å². The summed E-state index contributed by atoms with van der Waals surface area (Å²) in [4.78, 5) is 29.0. The van der Waals surface area contributed by atoms with Gasteiger partial charge in [0.1, 0.15) is 6.04 Å². The lowest BCUT2D eigenvalue weighted by molar-refractivity contribution is -0.140. The summed E-state index contributed by atoms with van der Waals surface area (Å²) in [6.45, 7) is 6.51. The molecule has 0 aliphatic carbocycles. The summed E-state index contributed by atoms with van der Waals surface area (Å²) in [6.07, 6.45) is 4.02. The molecule has 0 aliphatic rings. The second-order valence-electron chi connectivity index (χ2n) is 5.02. The van der Waals surface area contributed by atoms with E-state index in [1.54, 1.807) is 17.3 Å². The highest BCUT2D eigenvalue weighted by Gasteiger charge is 2.27. The Morgan fingerprint density at radius 1 is 1.33 bits per heavy atom. The van der Waals surface area contributed by atoms with Crippen LogP contribution < -0.4 is 5.32 Å². The molecule has 1 aromatic heterocycles. The van der Waals surface area contributed by atoms with E-state index < -0.39 is 12.0 Å². The molecule has 1 aromatic rings. The Morgan fingerprint density at radius 2 is 1.95 bits per heavy atom. The molecule has 21 heavy (non-hydrogen) atoms. The Morgan fingerprint density at radius 3 is 2.43 bits per heavy atom. The van der Waals surface area contributed by atoms with E-state index in [0.29, 0.717) is 19.5 Å². The van der Waals surface area contributed by atoms with Crippen molar-refractivity contribution in [2.75, 3.05) is 6.54 Å². The van der Waals surface area contributed by atoms with Crippen molar-refractivity contribution in [2.24, 2.45) is 5.92 Å². The lowest BCUT2D eigenvalue weighted by Crippen LogP contribution is -2.50. The number of amides is 2. The van der Waals surface area contributed by atoms with E-state index >= 15 is 0 Å². The van der Waals surface area contributed by atoms with Gasteiger partial charge in [-0.2, -0.15) is 0 Å². The topological polar surface area (TPSA) is 82.5 Å². The maximum atomic E-state index is 12.2. The van der Waals surface area contributed by atoms with E-state index in [0.717, 1.165) is 5.56 Å². The van der Waals surface area contributed by atoms with Crippen molar-refractivity contribution in [3.8, 4) is 0 Å². The van der Waals surface area contributed by atoms with Gasteiger partial charge in [-0.05, 0) is 30.5 Å². The van der Waals surface area contributed by atoms with Crippen LogP contribution in [0.1, 0.15) is 32.8 Å². The zero-order valence-electron chi connectivity index (χ0n) is 12.7. The number of nitrogens with one attached hydrogen (secondary N) is 1. The third-order valence-electron chi connectivity index (χ3n) is 3.55. The maximum Gasteiger partial charge on any atom is 0.326 e. The fourth-order valence-electron chi connectivity index (χ4n) is 1.94. The number of urea groups is 1. The van der Waals surface area contributed by atoms with Gasteiger partial charge in [0.05, 0.1) is 0 Å². The van der Waals surface area contributed by atoms with Crippen LogP contribution in [0.5, 0.6) is 0 Å². The van der Waals surface area contributed by atoms with Crippen LogP contribution in [0.15, 0.2) is 24.5 Å². The standard InChI is InChI=1S/C15H23N3O3/c1-4-11(3)13(14(19)20)17-15(21)18(5-2)10-12-6-8-16-9-7-12/h6-9,11,13H,4-5,10H2,1-3H3,(H,17,21)(H,19,20)/t11?,13-/m0/s1. The zero-order chi connectivity index (χ0) is 15.8. The van der Waals surface area contributed by atoms with E-state index in [1.807, 2.05) is 32.9 Å². The van der Waals surface area contributed by atoms with Crippen molar-refractivity contribution >= 4 is 12.0 Å². The van der Waals surface area contributed by atoms with Crippen LogP contribution in [0.3, 0.4) is 0 Å². The Bertz CT molecular complexity index is 464. The summed E-state index contributed by atoms with van der Waals surface area (Å²) >= 11 is 0. The molecule has 1 unspecified atom stereocenters. The number of carbonyl (C=O) groups excluding carboxylic acids is 1. The largest absolute Gasteiger partial charge is 0.480 e. The first-order chi connectivity index (χ1) is 9.99. The second kappa shape index (κ2) is 8.24. The molecule has 0 spiro atoms. The van der Waals surface area contributed by atoms with Crippen LogP contribution in [-0.4, -0.2) is 39.6 Å². The van der Waals surface area contributed by atoms with Crippen LogP contribution in [0, 0.1) is 5.92 Å². The minimum atomic E-state index is -1.00. The Labute approximate surface area is 125 Å². The molecule has 2 atom stereocenters. The normalized spacial score (nSPS) is 13.3. The van der Waals surface area contributed by atoms with Crippen molar-refractivity contribution < 1.29 is 14.7 Å². The number of aromatic nitrogens is 1. The molecular formula is C15H23N3O3. The van der Waals surface area contributed by atoms with Gasteiger partial charge in [0.2, 0.25) is 0 Å². The number of hydrogen-bond acceptors (Lipinski definition) is 3. The van der Waals surface area contributed by atoms with E-state index in [1.165, 1.54) is 0 Å². The quantitative estimate of drug-likeness (QED) is 0.806. The number of pyridine rings is 1. The van der Waals surface area contributed by atoms with E-state index in [9.17, 15) is 14.7 Å². The summed E-state index contributed by atoms with van der Waals surface area (Å²) in [5.41, 5.74) is 0.956. The maximum absolute atomic E-state index is 12.2. The smallest absolute Gasteiger partial charge is 0.326 e. The fourth-order valence-corrected chi connectivity index (χ4v) is 1.94. The molecule has 0 fully saturated rings. The molecule has 1 rings (SSSR count). The Balaban J connectivity index is 2.72. The number of carboxylic acids is 1. The Hall–Kier alpha value is -2.11. The van der Waals surface area contributed by atoms with Gasteiger partial charge in [-0.3, -0.25) is 4.98 Å². The molecule has 0 bridgehead atoms. The average molecular weight is 293 g/mol. The third kappa shape index (κ3) is 5.06. The number of hydrogen-bond donors (Lipinski definition) is 2. The van der Waals surface area contributed by atoms with Crippen molar-refractivity contribution in [3.05, 3.63) is 30.1 Å². The van der Waals surface area contributed by atoms with Crippen molar-refractivity contribution in [1.82, 2.24) is 15.2 Å². The van der Waals surface area contributed by atoms with Gasteiger partial charge in [0.25, 0.3) is 0 Å². The molecule has 1 heterocycles. The van der Waals surface area contributed by atoms with Crippen molar-refractivity contribution in [2.45, 2.75) is 39.8 Å². The molecule has 0 aromatic carbocycles. The Kier molecular flexibility index (Phi) is 6.65. The van der Waals surface area contributed by atoms with E-state index in [2.05, 4.69) is 10.3 Å². The van der Waals surface area contributed by atoms with Gasteiger partial charge in [0.15, 0.2) is 0 Å². The van der Waals surface area contributed by atoms with E-state index in [4.69, 9.17) is 0 Å². The first kappa shape index (κ1) is 16.9. The molecule has 6 heteroatoms. The van der Waals surface area contributed by atoms with Gasteiger partial charge in [0, 0.05) is 25.5 Å². The monoisotopic (exact) mass is 293 g/mol. The molecule has 2 amide bonds. The lowest BCUT2D eigenvalue weighted by atomic mass is 9.99. The summed E-state index contributed by atoms with van der Waals surface area (Å²) in [6, 6.07) is 2.44. The highest BCUT2D eigenvalue weighted by Crippen LogP contribution is 2.10. The molecule has 0 aliphatic heterocycles. The third-order valence-corrected chi connectivity index (χ3v) is 3.55. The fraction of sp³-hybridized carbons (Fsp3) is 0.533. The molecule has 0 saturated carbocycles. The summed E-state index contributed by atoms with van der Waals surface area (Å²) < 4.78 is 0. The number of carboxylic acid groups (broad SMARTS) is 1. The van der Waals surface area contributed by atoms with Crippen LogP contribution in [-0.2, 0) is 11.3 Å².